The maximum absolute atomic E-state index is 12.7. The number of aliphatic imine (C=N–C) groups is 1. The van der Waals surface area contributed by atoms with Crippen molar-refractivity contribution in [2.24, 2.45) is 10.9 Å². The standard InChI is InChI=1S/C24H27ClN4O4S/c1-23(2,3)33-22(31)29-21-27-12-16-14-32-10-9-24(16,34-21)15-5-4-6-18(11-15)28-20(30)19-8-7-17(25)13-26-19/h4-8,11,13,16H,9-10,12,14H2,1-3H3,(H,28,30)(H,27,29,31)/t16?,24-/m1/s1. The molecule has 0 bridgehead atoms. The number of thioether (sulfide) groups is 1. The van der Waals surface area contributed by atoms with Crippen molar-refractivity contribution in [1.29, 1.82) is 0 Å². The molecule has 10 heteroatoms. The van der Waals surface area contributed by atoms with Gasteiger partial charge in [0.2, 0.25) is 0 Å². The summed E-state index contributed by atoms with van der Waals surface area (Å²) in [6, 6.07) is 11.0. The van der Waals surface area contributed by atoms with Gasteiger partial charge in [-0.1, -0.05) is 35.5 Å². The fourth-order valence-corrected chi connectivity index (χ4v) is 5.45. The van der Waals surface area contributed by atoms with E-state index in [4.69, 9.17) is 21.1 Å². The third kappa shape index (κ3) is 5.71. The molecule has 4 rings (SSSR count). The number of rotatable bonds is 3. The number of amidine groups is 1. The largest absolute Gasteiger partial charge is 0.444 e. The molecule has 0 saturated carbocycles. The lowest BCUT2D eigenvalue weighted by atomic mass is 9.81. The van der Waals surface area contributed by atoms with Crippen molar-refractivity contribution in [3.05, 3.63) is 58.9 Å². The van der Waals surface area contributed by atoms with Gasteiger partial charge in [0.05, 0.1) is 16.4 Å². The molecule has 2 aliphatic rings. The Labute approximate surface area is 207 Å². The van der Waals surface area contributed by atoms with Gasteiger partial charge in [0.15, 0.2) is 5.17 Å². The number of ether oxygens (including phenoxy) is 2. The van der Waals surface area contributed by atoms with Crippen LogP contribution < -0.4 is 10.6 Å². The van der Waals surface area contributed by atoms with Crippen LogP contribution in [0.3, 0.4) is 0 Å². The van der Waals surface area contributed by atoms with Gasteiger partial charge in [-0.25, -0.2) is 9.78 Å². The number of alkyl carbamates (subject to hydrolysis) is 1. The van der Waals surface area contributed by atoms with Crippen LogP contribution in [0, 0.1) is 5.92 Å². The third-order valence-electron chi connectivity index (χ3n) is 5.51. The summed E-state index contributed by atoms with van der Waals surface area (Å²) in [5, 5.41) is 6.70. The Morgan fingerprint density at radius 2 is 2.06 bits per heavy atom. The fraction of sp³-hybridized carbons (Fsp3) is 0.417. The topological polar surface area (TPSA) is 102 Å². The van der Waals surface area contributed by atoms with Gasteiger partial charge in [-0.05, 0) is 57.0 Å². The number of anilines is 1. The third-order valence-corrected chi connectivity index (χ3v) is 7.29. The van der Waals surface area contributed by atoms with Crippen molar-refractivity contribution >= 4 is 46.2 Å². The molecule has 0 radical (unpaired) electrons. The van der Waals surface area contributed by atoms with Crippen molar-refractivity contribution in [2.45, 2.75) is 37.5 Å². The van der Waals surface area contributed by atoms with Gasteiger partial charge in [0.25, 0.3) is 5.91 Å². The number of nitrogens with zero attached hydrogens (tertiary/aromatic N) is 2. The second kappa shape index (κ2) is 9.93. The zero-order valence-corrected chi connectivity index (χ0v) is 20.8. The van der Waals surface area contributed by atoms with Crippen LogP contribution in [0.2, 0.25) is 5.02 Å². The average molecular weight is 503 g/mol. The smallest absolute Gasteiger partial charge is 0.413 e. The molecule has 2 N–H and O–H groups in total. The van der Waals surface area contributed by atoms with E-state index in [9.17, 15) is 9.59 Å². The predicted octanol–water partition coefficient (Wildman–Crippen LogP) is 4.85. The van der Waals surface area contributed by atoms with Gasteiger partial charge >= 0.3 is 6.09 Å². The van der Waals surface area contributed by atoms with E-state index < -0.39 is 11.7 Å². The molecule has 2 amide bonds. The molecule has 1 saturated heterocycles. The van der Waals surface area contributed by atoms with Crippen LogP contribution >= 0.6 is 23.4 Å². The normalized spacial score (nSPS) is 22.2. The highest BCUT2D eigenvalue weighted by Crippen LogP contribution is 2.51. The molecule has 1 unspecified atom stereocenters. The molecule has 1 aromatic carbocycles. The number of amides is 2. The summed E-state index contributed by atoms with van der Waals surface area (Å²) in [4.78, 5) is 33.7. The Morgan fingerprint density at radius 1 is 1.24 bits per heavy atom. The van der Waals surface area contributed by atoms with Gasteiger partial charge in [-0.15, -0.1) is 0 Å². The summed E-state index contributed by atoms with van der Waals surface area (Å²) < 4.78 is 10.8. The Kier molecular flexibility index (Phi) is 7.16. The minimum Gasteiger partial charge on any atom is -0.444 e. The number of hydrogen-bond acceptors (Lipinski definition) is 7. The lowest BCUT2D eigenvalue weighted by molar-refractivity contribution is 0.0326. The first-order valence-corrected chi connectivity index (χ1v) is 12.2. The van der Waals surface area contributed by atoms with Crippen molar-refractivity contribution in [3.8, 4) is 0 Å². The summed E-state index contributed by atoms with van der Waals surface area (Å²) in [7, 11) is 0. The summed E-state index contributed by atoms with van der Waals surface area (Å²) in [6.45, 7) is 7.13. The van der Waals surface area contributed by atoms with Crippen molar-refractivity contribution < 1.29 is 19.1 Å². The molecule has 0 aliphatic carbocycles. The molecule has 8 nitrogen and oxygen atoms in total. The number of aromatic nitrogens is 1. The number of benzene rings is 1. The number of hydrogen-bond donors (Lipinski definition) is 2. The molecule has 1 fully saturated rings. The van der Waals surface area contributed by atoms with Crippen molar-refractivity contribution in [3.63, 3.8) is 0 Å². The van der Waals surface area contributed by atoms with Crippen LogP contribution in [0.5, 0.6) is 0 Å². The first-order valence-electron chi connectivity index (χ1n) is 11.0. The first kappa shape index (κ1) is 24.5. The van der Waals surface area contributed by atoms with E-state index in [-0.39, 0.29) is 22.3 Å². The number of fused-ring (bicyclic) bond motifs is 1. The summed E-state index contributed by atoms with van der Waals surface area (Å²) in [5.74, 6) is -0.195. The van der Waals surface area contributed by atoms with Gasteiger partial charge < -0.3 is 14.8 Å². The molecule has 180 valence electrons. The number of nitrogens with one attached hydrogen (secondary N) is 2. The minimum atomic E-state index is -0.603. The summed E-state index contributed by atoms with van der Waals surface area (Å²) in [6.07, 6.45) is 1.65. The predicted molar refractivity (Wildman–Crippen MR) is 134 cm³/mol. The monoisotopic (exact) mass is 502 g/mol. The van der Waals surface area contributed by atoms with E-state index in [0.29, 0.717) is 35.6 Å². The minimum absolute atomic E-state index is 0.124. The number of pyridine rings is 1. The van der Waals surface area contributed by atoms with Crippen molar-refractivity contribution in [2.75, 3.05) is 25.1 Å². The lowest BCUT2D eigenvalue weighted by Crippen LogP contribution is -2.48. The van der Waals surface area contributed by atoms with Crippen LogP contribution in [-0.4, -0.2) is 47.5 Å². The Balaban J connectivity index is 1.56. The second-order valence-electron chi connectivity index (χ2n) is 9.18. The molecule has 1 aromatic heterocycles. The van der Waals surface area contributed by atoms with Crippen LogP contribution in [0.15, 0.2) is 47.6 Å². The first-order chi connectivity index (χ1) is 16.1. The highest BCUT2D eigenvalue weighted by atomic mass is 35.5. The number of halogens is 1. The Hall–Kier alpha value is -2.62. The van der Waals surface area contributed by atoms with Gasteiger partial charge in [0.1, 0.15) is 11.3 Å². The van der Waals surface area contributed by atoms with E-state index in [0.717, 1.165) is 12.0 Å². The molecule has 2 atom stereocenters. The Morgan fingerprint density at radius 3 is 2.79 bits per heavy atom. The quantitative estimate of drug-likeness (QED) is 0.622. The number of carbonyl (C=O) groups is 2. The zero-order chi connectivity index (χ0) is 24.3. The van der Waals surface area contributed by atoms with Gasteiger partial charge in [-0.2, -0.15) is 0 Å². The van der Waals surface area contributed by atoms with Crippen LogP contribution in [-0.2, 0) is 14.2 Å². The summed E-state index contributed by atoms with van der Waals surface area (Å²) in [5.41, 5.74) is 1.36. The highest BCUT2D eigenvalue weighted by Gasteiger charge is 2.47. The molecule has 34 heavy (non-hydrogen) atoms. The molecule has 2 aliphatic heterocycles. The Bertz CT molecular complexity index is 1100. The number of carbonyl (C=O) groups excluding carboxylic acids is 2. The van der Waals surface area contributed by atoms with Crippen molar-refractivity contribution in [1.82, 2.24) is 10.3 Å². The molecular weight excluding hydrogens is 476 g/mol. The summed E-state index contributed by atoms with van der Waals surface area (Å²) >= 11 is 7.39. The van der Waals surface area contributed by atoms with Crippen LogP contribution in [0.4, 0.5) is 10.5 Å². The van der Waals surface area contributed by atoms with Crippen LogP contribution in [0.1, 0.15) is 43.2 Å². The lowest BCUT2D eigenvalue weighted by Gasteiger charge is -2.45. The van der Waals surface area contributed by atoms with Gasteiger partial charge in [-0.3, -0.25) is 15.1 Å². The SMILES string of the molecule is CC(C)(C)OC(=O)NC1=NCC2COCC[C@]2(c2cccc(NC(=O)c3ccc(Cl)cn3)c2)S1. The molecule has 3 heterocycles. The van der Waals surface area contributed by atoms with E-state index in [2.05, 4.69) is 20.6 Å². The van der Waals surface area contributed by atoms with E-state index in [1.165, 1.54) is 18.0 Å². The van der Waals surface area contributed by atoms with E-state index in [1.807, 2.05) is 45.0 Å². The molecular formula is C24H27ClN4O4S. The van der Waals surface area contributed by atoms with Crippen LogP contribution in [0.25, 0.3) is 0 Å². The zero-order valence-electron chi connectivity index (χ0n) is 19.3. The second-order valence-corrected chi connectivity index (χ2v) is 10.9. The van der Waals surface area contributed by atoms with E-state index >= 15 is 0 Å². The van der Waals surface area contributed by atoms with E-state index in [1.54, 1.807) is 12.1 Å². The van der Waals surface area contributed by atoms with Gasteiger partial charge in [0, 0.05) is 31.0 Å². The fourth-order valence-electron chi connectivity index (χ4n) is 3.98. The molecule has 0 spiro atoms. The molecule has 2 aromatic rings. The average Bonchev–Trinajstić information content (AvgIpc) is 2.78. The maximum Gasteiger partial charge on any atom is 0.413 e. The maximum atomic E-state index is 12.7. The highest BCUT2D eigenvalue weighted by molar-refractivity contribution is 8.14.